The van der Waals surface area contributed by atoms with Gasteiger partial charge in [-0.1, -0.05) is 36.4 Å². The summed E-state index contributed by atoms with van der Waals surface area (Å²) in [5, 5.41) is 12.2. The Morgan fingerprint density at radius 1 is 1.03 bits per heavy atom. The highest BCUT2D eigenvalue weighted by molar-refractivity contribution is 6.05. The molecule has 0 radical (unpaired) electrons. The van der Waals surface area contributed by atoms with E-state index >= 15 is 0 Å². The van der Waals surface area contributed by atoms with Gasteiger partial charge in [-0.05, 0) is 85.2 Å². The highest BCUT2D eigenvalue weighted by atomic mass is 16.5. The first-order valence-electron chi connectivity index (χ1n) is 12.3. The molecule has 2 atom stereocenters. The van der Waals surface area contributed by atoms with Gasteiger partial charge >= 0.3 is 5.97 Å². The van der Waals surface area contributed by atoms with E-state index in [2.05, 4.69) is 0 Å². The third-order valence-electron chi connectivity index (χ3n) is 7.31. The molecule has 0 saturated heterocycles. The number of phenolic OH excluding ortho intramolecular Hbond substituents is 1. The smallest absolute Gasteiger partial charge is 0.343 e. The molecule has 4 aromatic carbocycles. The van der Waals surface area contributed by atoms with Gasteiger partial charge in [0.25, 0.3) is 0 Å². The minimum absolute atomic E-state index is 0.0444. The lowest BCUT2D eigenvalue weighted by Gasteiger charge is -2.39. The zero-order valence-electron chi connectivity index (χ0n) is 21.3. The Balaban J connectivity index is 1.75. The van der Waals surface area contributed by atoms with E-state index in [9.17, 15) is 14.7 Å². The number of rotatable bonds is 5. The van der Waals surface area contributed by atoms with Crippen LogP contribution in [0.2, 0.25) is 0 Å². The van der Waals surface area contributed by atoms with Crippen LogP contribution in [0.1, 0.15) is 46.9 Å². The van der Waals surface area contributed by atoms with Gasteiger partial charge < -0.3 is 19.5 Å². The van der Waals surface area contributed by atoms with Crippen LogP contribution in [0.25, 0.3) is 21.9 Å². The van der Waals surface area contributed by atoms with E-state index in [0.29, 0.717) is 28.9 Å². The van der Waals surface area contributed by atoms with Crippen molar-refractivity contribution in [2.24, 2.45) is 0 Å². The van der Waals surface area contributed by atoms with Crippen LogP contribution >= 0.6 is 0 Å². The summed E-state index contributed by atoms with van der Waals surface area (Å²) in [6.45, 7) is 5.99. The molecule has 6 heteroatoms. The molecule has 0 saturated carbocycles. The minimum atomic E-state index is -0.449. The lowest BCUT2D eigenvalue weighted by atomic mass is 9.81. The lowest BCUT2D eigenvalue weighted by molar-refractivity contribution is -0.122. The Hall–Kier alpha value is -4.32. The molecule has 1 aliphatic heterocycles. The van der Waals surface area contributed by atoms with Gasteiger partial charge in [0.1, 0.15) is 17.2 Å². The Labute approximate surface area is 216 Å². The van der Waals surface area contributed by atoms with E-state index in [-0.39, 0.29) is 17.8 Å². The van der Waals surface area contributed by atoms with Crippen LogP contribution in [0.5, 0.6) is 17.2 Å². The van der Waals surface area contributed by atoms with E-state index in [0.717, 1.165) is 39.6 Å². The van der Waals surface area contributed by atoms with Crippen LogP contribution in [0.3, 0.4) is 0 Å². The number of amides is 1. The average molecular weight is 496 g/mol. The molecule has 4 aromatic rings. The number of nitrogens with zero attached hydrogens (tertiary/aromatic N) is 1. The molecule has 0 unspecified atom stereocenters. The number of fused-ring (bicyclic) bond motifs is 2. The van der Waals surface area contributed by atoms with E-state index in [1.54, 1.807) is 42.3 Å². The number of phenols is 1. The van der Waals surface area contributed by atoms with Crippen molar-refractivity contribution >= 4 is 23.2 Å². The summed E-state index contributed by atoms with van der Waals surface area (Å²) in [7, 11) is 1.59. The van der Waals surface area contributed by atoms with Gasteiger partial charge in [-0.3, -0.25) is 4.79 Å². The van der Waals surface area contributed by atoms with Crippen molar-refractivity contribution in [1.29, 1.82) is 0 Å². The molecule has 37 heavy (non-hydrogen) atoms. The molecule has 188 valence electrons. The Morgan fingerprint density at radius 2 is 1.78 bits per heavy atom. The van der Waals surface area contributed by atoms with Crippen molar-refractivity contribution < 1.29 is 24.2 Å². The normalized spacial score (nSPS) is 16.8. The van der Waals surface area contributed by atoms with Crippen molar-refractivity contribution in [3.05, 3.63) is 89.0 Å². The SMILES string of the molecule is COc1cc(C)c(-c2ccc(OC(=O)c3ccccc3)c3c2C[C@@H](C)N(C=O)[C@@H]3C)c2cccc(O)c12. The van der Waals surface area contributed by atoms with Gasteiger partial charge in [-0.2, -0.15) is 0 Å². The predicted molar refractivity (Wildman–Crippen MR) is 143 cm³/mol. The first kappa shape index (κ1) is 24.4. The van der Waals surface area contributed by atoms with Crippen molar-refractivity contribution in [2.75, 3.05) is 7.11 Å². The highest BCUT2D eigenvalue weighted by Crippen LogP contribution is 2.47. The summed E-state index contributed by atoms with van der Waals surface area (Å²) in [6, 6.07) is 19.7. The van der Waals surface area contributed by atoms with Crippen LogP contribution in [0, 0.1) is 6.92 Å². The van der Waals surface area contributed by atoms with E-state index in [1.807, 2.05) is 57.2 Å². The van der Waals surface area contributed by atoms with Gasteiger partial charge in [-0.15, -0.1) is 0 Å². The topological polar surface area (TPSA) is 76.1 Å². The summed E-state index contributed by atoms with van der Waals surface area (Å²) in [6.07, 6.45) is 1.45. The number of aryl methyl sites for hydroxylation is 1. The second-order valence-electron chi connectivity index (χ2n) is 9.51. The third-order valence-corrected chi connectivity index (χ3v) is 7.31. The summed E-state index contributed by atoms with van der Waals surface area (Å²) in [5.41, 5.74) is 5.24. The summed E-state index contributed by atoms with van der Waals surface area (Å²) >= 11 is 0. The number of hydrogen-bond acceptors (Lipinski definition) is 5. The third kappa shape index (κ3) is 4.08. The number of methoxy groups -OCH3 is 1. The molecular formula is C31H29NO5. The summed E-state index contributed by atoms with van der Waals surface area (Å²) in [4.78, 5) is 26.7. The monoisotopic (exact) mass is 495 g/mol. The van der Waals surface area contributed by atoms with Crippen molar-refractivity contribution in [1.82, 2.24) is 4.90 Å². The highest BCUT2D eigenvalue weighted by Gasteiger charge is 2.34. The lowest BCUT2D eigenvalue weighted by Crippen LogP contribution is -2.40. The Kier molecular flexibility index (Phi) is 6.34. The predicted octanol–water partition coefficient (Wildman–Crippen LogP) is 6.21. The number of ether oxygens (including phenoxy) is 2. The minimum Gasteiger partial charge on any atom is -0.507 e. The molecule has 5 rings (SSSR count). The van der Waals surface area contributed by atoms with Crippen LogP contribution in [0.4, 0.5) is 0 Å². The second kappa shape index (κ2) is 9.62. The molecule has 0 aromatic heterocycles. The van der Waals surface area contributed by atoms with Gasteiger partial charge in [0.15, 0.2) is 0 Å². The van der Waals surface area contributed by atoms with E-state index in [4.69, 9.17) is 9.47 Å². The number of carbonyl (C=O) groups excluding carboxylic acids is 2. The summed E-state index contributed by atoms with van der Waals surface area (Å²) in [5.74, 6) is 0.740. The zero-order chi connectivity index (χ0) is 26.3. The maximum Gasteiger partial charge on any atom is 0.343 e. The van der Waals surface area contributed by atoms with Crippen molar-refractivity contribution in [2.45, 2.75) is 39.3 Å². The van der Waals surface area contributed by atoms with Crippen LogP contribution in [-0.4, -0.2) is 35.5 Å². The molecule has 1 heterocycles. The number of hydrogen-bond donors (Lipinski definition) is 1. The van der Waals surface area contributed by atoms with E-state index in [1.165, 1.54) is 0 Å². The number of benzene rings is 4. The van der Waals surface area contributed by atoms with Crippen LogP contribution < -0.4 is 9.47 Å². The van der Waals surface area contributed by atoms with E-state index < -0.39 is 5.97 Å². The fourth-order valence-corrected chi connectivity index (χ4v) is 5.58. The number of aromatic hydroxyl groups is 1. The number of carbonyl (C=O) groups is 2. The molecule has 0 aliphatic carbocycles. The molecule has 0 fully saturated rings. The molecule has 1 aliphatic rings. The maximum absolute atomic E-state index is 13.0. The van der Waals surface area contributed by atoms with Gasteiger partial charge in [0.2, 0.25) is 6.41 Å². The molecule has 0 spiro atoms. The van der Waals surface area contributed by atoms with Gasteiger partial charge in [-0.25, -0.2) is 4.79 Å². The van der Waals surface area contributed by atoms with Crippen molar-refractivity contribution in [3.63, 3.8) is 0 Å². The second-order valence-corrected chi connectivity index (χ2v) is 9.51. The van der Waals surface area contributed by atoms with Gasteiger partial charge in [0.05, 0.1) is 24.1 Å². The Morgan fingerprint density at radius 3 is 2.49 bits per heavy atom. The average Bonchev–Trinajstić information content (AvgIpc) is 2.89. The fraction of sp³-hybridized carbons (Fsp3) is 0.226. The zero-order valence-corrected chi connectivity index (χ0v) is 21.3. The fourth-order valence-electron chi connectivity index (χ4n) is 5.58. The molecule has 6 nitrogen and oxygen atoms in total. The molecule has 1 N–H and O–H groups in total. The van der Waals surface area contributed by atoms with Crippen molar-refractivity contribution in [3.8, 4) is 28.4 Å². The van der Waals surface area contributed by atoms with Gasteiger partial charge in [0, 0.05) is 11.6 Å². The molecule has 1 amide bonds. The standard InChI is InChI=1S/C31H29NO5/c1-18-15-27(36-4)30-23(11-8-12-25(30)34)28(18)22-13-14-26(37-31(35)21-9-6-5-7-10-21)29-20(3)32(17-33)19(2)16-24(22)29/h5-15,17,19-20,34H,16H2,1-4H3/t19-,20-/m1/s1. The Bertz CT molecular complexity index is 1510. The summed E-state index contributed by atoms with van der Waals surface area (Å²) < 4.78 is 11.5. The quantitative estimate of drug-likeness (QED) is 0.202. The maximum atomic E-state index is 13.0. The van der Waals surface area contributed by atoms with Crippen LogP contribution in [0.15, 0.2) is 66.7 Å². The van der Waals surface area contributed by atoms with Crippen LogP contribution in [-0.2, 0) is 11.2 Å². The number of esters is 1. The molecular weight excluding hydrogens is 466 g/mol. The first-order valence-corrected chi connectivity index (χ1v) is 12.3. The molecule has 0 bridgehead atoms. The largest absolute Gasteiger partial charge is 0.507 e. The first-order chi connectivity index (χ1) is 17.8.